The minimum atomic E-state index is 0.736. The first-order valence-corrected chi connectivity index (χ1v) is 4.43. The summed E-state index contributed by atoms with van der Waals surface area (Å²) in [5.41, 5.74) is 5.59. The SMILES string of the molecule is C=C(N)N1CCC(CC)CC1. The van der Waals surface area contributed by atoms with E-state index in [4.69, 9.17) is 5.73 Å². The first-order chi connectivity index (χ1) is 5.24. The summed E-state index contributed by atoms with van der Waals surface area (Å²) in [6, 6.07) is 0. The molecule has 2 nitrogen and oxygen atoms in total. The van der Waals surface area contributed by atoms with Crippen LogP contribution in [0.4, 0.5) is 0 Å². The van der Waals surface area contributed by atoms with Gasteiger partial charge in [-0.2, -0.15) is 0 Å². The molecule has 0 saturated carbocycles. The predicted molar refractivity (Wildman–Crippen MR) is 47.9 cm³/mol. The largest absolute Gasteiger partial charge is 0.386 e. The highest BCUT2D eigenvalue weighted by Crippen LogP contribution is 2.20. The van der Waals surface area contributed by atoms with Crippen LogP contribution in [0.15, 0.2) is 12.4 Å². The third-order valence-corrected chi connectivity index (χ3v) is 2.60. The Kier molecular flexibility index (Phi) is 2.80. The summed E-state index contributed by atoms with van der Waals surface area (Å²) < 4.78 is 0. The highest BCUT2D eigenvalue weighted by Gasteiger charge is 2.16. The number of piperidine rings is 1. The summed E-state index contributed by atoms with van der Waals surface area (Å²) >= 11 is 0. The second-order valence-corrected chi connectivity index (χ2v) is 3.33. The van der Waals surface area contributed by atoms with Crippen LogP contribution >= 0.6 is 0 Å². The Bertz CT molecular complexity index is 134. The Labute approximate surface area is 69.1 Å². The van der Waals surface area contributed by atoms with Gasteiger partial charge < -0.3 is 10.6 Å². The molecule has 0 bridgehead atoms. The molecule has 2 heteroatoms. The van der Waals surface area contributed by atoms with Crippen LogP contribution in [0.5, 0.6) is 0 Å². The van der Waals surface area contributed by atoms with E-state index in [1.54, 1.807) is 0 Å². The van der Waals surface area contributed by atoms with Gasteiger partial charge in [-0.3, -0.25) is 0 Å². The summed E-state index contributed by atoms with van der Waals surface area (Å²) in [4.78, 5) is 2.17. The van der Waals surface area contributed by atoms with E-state index in [1.165, 1.54) is 19.3 Å². The Morgan fingerprint density at radius 2 is 2.09 bits per heavy atom. The lowest BCUT2D eigenvalue weighted by molar-refractivity contribution is 0.222. The van der Waals surface area contributed by atoms with Crippen LogP contribution in [-0.4, -0.2) is 18.0 Å². The quantitative estimate of drug-likeness (QED) is 0.653. The van der Waals surface area contributed by atoms with E-state index in [0.717, 1.165) is 24.8 Å². The van der Waals surface area contributed by atoms with E-state index in [-0.39, 0.29) is 0 Å². The third-order valence-electron chi connectivity index (χ3n) is 2.60. The van der Waals surface area contributed by atoms with Crippen LogP contribution in [0.25, 0.3) is 0 Å². The molecule has 0 radical (unpaired) electrons. The van der Waals surface area contributed by atoms with Gasteiger partial charge in [0.2, 0.25) is 0 Å². The van der Waals surface area contributed by atoms with Gasteiger partial charge in [0, 0.05) is 13.1 Å². The number of hydrogen-bond acceptors (Lipinski definition) is 2. The first-order valence-electron chi connectivity index (χ1n) is 4.43. The van der Waals surface area contributed by atoms with Gasteiger partial charge in [0.25, 0.3) is 0 Å². The van der Waals surface area contributed by atoms with Gasteiger partial charge in [-0.1, -0.05) is 19.9 Å². The lowest BCUT2D eigenvalue weighted by Gasteiger charge is -2.32. The lowest BCUT2D eigenvalue weighted by atomic mass is 9.95. The summed E-state index contributed by atoms with van der Waals surface area (Å²) in [5.74, 6) is 1.66. The van der Waals surface area contributed by atoms with Gasteiger partial charge >= 0.3 is 0 Å². The van der Waals surface area contributed by atoms with E-state index >= 15 is 0 Å². The molecule has 1 fully saturated rings. The molecule has 0 unspecified atom stereocenters. The van der Waals surface area contributed by atoms with E-state index in [1.807, 2.05) is 0 Å². The van der Waals surface area contributed by atoms with Crippen LogP contribution in [-0.2, 0) is 0 Å². The predicted octanol–water partition coefficient (Wildman–Crippen LogP) is 1.54. The molecule has 1 rings (SSSR count). The van der Waals surface area contributed by atoms with Crippen molar-refractivity contribution in [3.63, 3.8) is 0 Å². The average Bonchev–Trinajstić information content (AvgIpc) is 2.05. The molecular formula is C9H18N2. The number of rotatable bonds is 2. The number of nitrogens with two attached hydrogens (primary N) is 1. The summed E-state index contributed by atoms with van der Waals surface area (Å²) in [7, 11) is 0. The number of likely N-dealkylation sites (tertiary alicyclic amines) is 1. The van der Waals surface area contributed by atoms with E-state index in [9.17, 15) is 0 Å². The standard InChI is InChI=1S/C9H18N2/c1-3-9-4-6-11(7-5-9)8(2)10/h9H,2-7,10H2,1H3. The number of nitrogens with zero attached hydrogens (tertiary/aromatic N) is 1. The molecule has 1 saturated heterocycles. The van der Waals surface area contributed by atoms with Crippen LogP contribution in [0, 0.1) is 5.92 Å². The molecule has 0 aliphatic carbocycles. The van der Waals surface area contributed by atoms with Crippen molar-refractivity contribution in [3.8, 4) is 0 Å². The van der Waals surface area contributed by atoms with Crippen molar-refractivity contribution in [2.45, 2.75) is 26.2 Å². The normalized spacial score (nSPS) is 20.3. The zero-order valence-electron chi connectivity index (χ0n) is 7.34. The van der Waals surface area contributed by atoms with Gasteiger partial charge in [0.05, 0.1) is 5.82 Å². The van der Waals surface area contributed by atoms with Crippen molar-refractivity contribution in [1.82, 2.24) is 4.90 Å². The van der Waals surface area contributed by atoms with Crippen molar-refractivity contribution >= 4 is 0 Å². The van der Waals surface area contributed by atoms with Crippen molar-refractivity contribution in [2.75, 3.05) is 13.1 Å². The maximum atomic E-state index is 5.59. The molecule has 2 N–H and O–H groups in total. The van der Waals surface area contributed by atoms with Gasteiger partial charge in [-0.05, 0) is 18.8 Å². The molecule has 0 atom stereocenters. The Morgan fingerprint density at radius 3 is 2.45 bits per heavy atom. The van der Waals surface area contributed by atoms with Gasteiger partial charge in [0.15, 0.2) is 0 Å². The molecule has 0 amide bonds. The summed E-state index contributed by atoms with van der Waals surface area (Å²) in [5, 5.41) is 0. The van der Waals surface area contributed by atoms with Gasteiger partial charge in [0.1, 0.15) is 0 Å². The molecule has 1 heterocycles. The monoisotopic (exact) mass is 154 g/mol. The fourth-order valence-corrected chi connectivity index (χ4v) is 1.63. The van der Waals surface area contributed by atoms with Crippen LogP contribution in [0.1, 0.15) is 26.2 Å². The van der Waals surface area contributed by atoms with Crippen molar-refractivity contribution in [3.05, 3.63) is 12.4 Å². The van der Waals surface area contributed by atoms with E-state index < -0.39 is 0 Å². The molecular weight excluding hydrogens is 136 g/mol. The highest BCUT2D eigenvalue weighted by molar-refractivity contribution is 4.89. The van der Waals surface area contributed by atoms with Crippen LogP contribution in [0.2, 0.25) is 0 Å². The fraction of sp³-hybridized carbons (Fsp3) is 0.778. The second-order valence-electron chi connectivity index (χ2n) is 3.33. The number of hydrogen-bond donors (Lipinski definition) is 1. The minimum Gasteiger partial charge on any atom is -0.386 e. The van der Waals surface area contributed by atoms with Crippen molar-refractivity contribution < 1.29 is 0 Å². The van der Waals surface area contributed by atoms with Crippen LogP contribution < -0.4 is 5.73 Å². The maximum absolute atomic E-state index is 5.59. The Morgan fingerprint density at radius 1 is 1.55 bits per heavy atom. The third kappa shape index (κ3) is 2.14. The molecule has 0 aromatic heterocycles. The molecule has 0 aromatic carbocycles. The molecule has 11 heavy (non-hydrogen) atoms. The zero-order valence-corrected chi connectivity index (χ0v) is 7.34. The van der Waals surface area contributed by atoms with E-state index in [2.05, 4.69) is 18.4 Å². The Hall–Kier alpha value is -0.660. The minimum absolute atomic E-state index is 0.736. The lowest BCUT2D eigenvalue weighted by Crippen LogP contribution is -2.35. The first kappa shape index (κ1) is 8.44. The van der Waals surface area contributed by atoms with E-state index in [0.29, 0.717) is 0 Å². The van der Waals surface area contributed by atoms with Gasteiger partial charge in [-0.25, -0.2) is 0 Å². The smallest absolute Gasteiger partial charge is 0.0912 e. The molecule has 0 aromatic rings. The summed E-state index contributed by atoms with van der Waals surface area (Å²) in [6.07, 6.45) is 3.88. The molecule has 64 valence electrons. The highest BCUT2D eigenvalue weighted by atomic mass is 15.2. The molecule has 1 aliphatic heterocycles. The zero-order chi connectivity index (χ0) is 8.27. The second kappa shape index (κ2) is 3.65. The summed E-state index contributed by atoms with van der Waals surface area (Å²) in [6.45, 7) is 8.20. The van der Waals surface area contributed by atoms with Gasteiger partial charge in [-0.15, -0.1) is 0 Å². The van der Waals surface area contributed by atoms with Crippen molar-refractivity contribution in [2.24, 2.45) is 11.7 Å². The maximum Gasteiger partial charge on any atom is 0.0912 e. The molecule has 0 spiro atoms. The van der Waals surface area contributed by atoms with Crippen LogP contribution in [0.3, 0.4) is 0 Å². The molecule has 1 aliphatic rings. The Balaban J connectivity index is 2.30. The topological polar surface area (TPSA) is 29.3 Å². The average molecular weight is 154 g/mol. The van der Waals surface area contributed by atoms with Crippen molar-refractivity contribution in [1.29, 1.82) is 0 Å². The fourth-order valence-electron chi connectivity index (χ4n) is 1.63.